The molecule has 0 bridgehead atoms. The molecule has 0 radical (unpaired) electrons. The van der Waals surface area contributed by atoms with Gasteiger partial charge in [-0.25, -0.2) is 14.6 Å². The van der Waals surface area contributed by atoms with Crippen LogP contribution in [0.2, 0.25) is 0 Å². The van der Waals surface area contributed by atoms with E-state index in [1.165, 1.54) is 0 Å². The quantitative estimate of drug-likeness (QED) is 0.513. The van der Waals surface area contributed by atoms with Gasteiger partial charge in [0.2, 0.25) is 12.2 Å². The van der Waals surface area contributed by atoms with Gasteiger partial charge in [-0.2, -0.15) is 4.99 Å². The van der Waals surface area contributed by atoms with Crippen LogP contribution in [-0.4, -0.2) is 24.2 Å². The minimum atomic E-state index is -0.243. The highest BCUT2D eigenvalue weighted by Gasteiger charge is 2.42. The summed E-state index contributed by atoms with van der Waals surface area (Å²) in [5.41, 5.74) is -0.111. The van der Waals surface area contributed by atoms with Crippen LogP contribution in [-0.2, 0) is 9.59 Å². The molecule has 1 aliphatic rings. The first-order valence-electron chi connectivity index (χ1n) is 5.15. The summed E-state index contributed by atoms with van der Waals surface area (Å²) in [6.45, 7) is 6.21. The Bertz CT molecular complexity index is 325. The topological polar surface area (TPSA) is 58.9 Å². The van der Waals surface area contributed by atoms with Crippen molar-refractivity contribution in [3.63, 3.8) is 0 Å². The van der Waals surface area contributed by atoms with E-state index in [-0.39, 0.29) is 17.5 Å². The van der Waals surface area contributed by atoms with E-state index in [1.807, 2.05) is 13.8 Å². The van der Waals surface area contributed by atoms with Gasteiger partial charge >= 0.3 is 0 Å². The average molecular weight is 208 g/mol. The Balaban J connectivity index is 3.01. The first kappa shape index (κ1) is 11.8. The Labute approximate surface area is 89.5 Å². The molecule has 0 aromatic carbocycles. The van der Waals surface area contributed by atoms with E-state index < -0.39 is 0 Å². The highest BCUT2D eigenvalue weighted by Crippen LogP contribution is 2.41. The van der Waals surface area contributed by atoms with Crippen LogP contribution in [0.5, 0.6) is 0 Å². The van der Waals surface area contributed by atoms with E-state index in [1.54, 1.807) is 12.2 Å². The maximum atomic E-state index is 10.4. The van der Waals surface area contributed by atoms with E-state index in [2.05, 4.69) is 16.9 Å². The van der Waals surface area contributed by atoms with Crippen molar-refractivity contribution in [1.29, 1.82) is 0 Å². The van der Waals surface area contributed by atoms with Crippen LogP contribution in [0, 0.1) is 11.3 Å². The second-order valence-electron chi connectivity index (χ2n) is 4.99. The zero-order chi connectivity index (χ0) is 11.5. The first-order chi connectivity index (χ1) is 7.01. The van der Waals surface area contributed by atoms with Crippen molar-refractivity contribution in [2.75, 3.05) is 0 Å². The minimum Gasteiger partial charge on any atom is -0.211 e. The summed E-state index contributed by atoms with van der Waals surface area (Å²) in [6.07, 6.45) is 4.92. The summed E-state index contributed by atoms with van der Waals surface area (Å²) in [6, 6.07) is -0.463. The van der Waals surface area contributed by atoms with Crippen molar-refractivity contribution in [3.05, 3.63) is 0 Å². The Morgan fingerprint density at radius 1 is 1.20 bits per heavy atom. The molecule has 4 nitrogen and oxygen atoms in total. The molecule has 1 saturated carbocycles. The zero-order valence-electron chi connectivity index (χ0n) is 9.36. The fourth-order valence-electron chi connectivity index (χ4n) is 2.67. The highest BCUT2D eigenvalue weighted by molar-refractivity contribution is 5.37. The number of rotatable bonds is 2. The van der Waals surface area contributed by atoms with Crippen molar-refractivity contribution >= 4 is 12.2 Å². The van der Waals surface area contributed by atoms with Crippen molar-refractivity contribution in [2.45, 2.75) is 45.7 Å². The number of carbonyl (C=O) groups excluding carboxylic acids is 2. The normalized spacial score (nSPS) is 33.7. The summed E-state index contributed by atoms with van der Waals surface area (Å²) >= 11 is 0. The van der Waals surface area contributed by atoms with Gasteiger partial charge < -0.3 is 0 Å². The van der Waals surface area contributed by atoms with Crippen LogP contribution in [0.15, 0.2) is 9.98 Å². The van der Waals surface area contributed by atoms with Gasteiger partial charge in [0, 0.05) is 0 Å². The van der Waals surface area contributed by atoms with Gasteiger partial charge in [-0.1, -0.05) is 20.8 Å². The maximum Gasteiger partial charge on any atom is 0.235 e. The first-order valence-corrected chi connectivity index (χ1v) is 5.15. The SMILES string of the molecule is CC1CC(N=C=O)C(N=C=O)C(C)(C)C1. The number of nitrogens with zero attached hydrogens (tertiary/aromatic N) is 2. The lowest BCUT2D eigenvalue weighted by Crippen LogP contribution is -2.43. The molecule has 15 heavy (non-hydrogen) atoms. The summed E-state index contributed by atoms with van der Waals surface area (Å²) in [5, 5.41) is 0. The molecular weight excluding hydrogens is 192 g/mol. The third kappa shape index (κ3) is 2.62. The molecule has 0 aromatic rings. The Morgan fingerprint density at radius 3 is 2.33 bits per heavy atom. The van der Waals surface area contributed by atoms with Gasteiger partial charge in [-0.15, -0.1) is 0 Å². The third-order valence-corrected chi connectivity index (χ3v) is 3.09. The highest BCUT2D eigenvalue weighted by atomic mass is 16.1. The van der Waals surface area contributed by atoms with Crippen LogP contribution >= 0.6 is 0 Å². The van der Waals surface area contributed by atoms with Crippen LogP contribution in [0.3, 0.4) is 0 Å². The van der Waals surface area contributed by atoms with Gasteiger partial charge in [0.05, 0.1) is 12.1 Å². The molecule has 0 heterocycles. The summed E-state index contributed by atoms with van der Waals surface area (Å²) in [7, 11) is 0. The predicted molar refractivity (Wildman–Crippen MR) is 56.0 cm³/mol. The van der Waals surface area contributed by atoms with Crippen molar-refractivity contribution in [3.8, 4) is 0 Å². The van der Waals surface area contributed by atoms with Gasteiger partial charge in [-0.05, 0) is 24.2 Å². The van der Waals surface area contributed by atoms with Crippen LogP contribution in [0.25, 0.3) is 0 Å². The predicted octanol–water partition coefficient (Wildman–Crippen LogP) is 1.85. The number of hydrogen-bond acceptors (Lipinski definition) is 4. The lowest BCUT2D eigenvalue weighted by molar-refractivity contribution is 0.138. The molecule has 1 fully saturated rings. The minimum absolute atomic E-state index is 0.111. The zero-order valence-corrected chi connectivity index (χ0v) is 9.36. The second-order valence-corrected chi connectivity index (χ2v) is 4.99. The van der Waals surface area contributed by atoms with E-state index in [4.69, 9.17) is 0 Å². The molecule has 0 aromatic heterocycles. The van der Waals surface area contributed by atoms with E-state index in [0.717, 1.165) is 12.8 Å². The molecule has 0 N–H and O–H groups in total. The fourth-order valence-corrected chi connectivity index (χ4v) is 2.67. The Hall–Kier alpha value is -1.24. The summed E-state index contributed by atoms with van der Waals surface area (Å²) < 4.78 is 0. The van der Waals surface area contributed by atoms with Crippen molar-refractivity contribution in [2.24, 2.45) is 21.3 Å². The fraction of sp³-hybridized carbons (Fsp3) is 0.818. The molecule has 0 saturated heterocycles. The van der Waals surface area contributed by atoms with E-state index in [0.29, 0.717) is 5.92 Å². The molecule has 3 unspecified atom stereocenters. The van der Waals surface area contributed by atoms with E-state index in [9.17, 15) is 9.59 Å². The van der Waals surface area contributed by atoms with Crippen LogP contribution < -0.4 is 0 Å². The molecule has 4 heteroatoms. The standard InChI is InChI=1S/C11H16N2O2/c1-8-4-9(12-6-14)10(13-7-15)11(2,3)5-8/h8-10H,4-5H2,1-3H3. The lowest BCUT2D eigenvalue weighted by Gasteiger charge is -2.41. The van der Waals surface area contributed by atoms with Crippen LogP contribution in [0.4, 0.5) is 0 Å². The molecule has 3 atom stereocenters. The van der Waals surface area contributed by atoms with Gasteiger partial charge in [-0.3, -0.25) is 0 Å². The molecular formula is C11H16N2O2. The largest absolute Gasteiger partial charge is 0.235 e. The van der Waals surface area contributed by atoms with E-state index >= 15 is 0 Å². The molecule has 1 aliphatic carbocycles. The van der Waals surface area contributed by atoms with Crippen LogP contribution in [0.1, 0.15) is 33.6 Å². The summed E-state index contributed by atoms with van der Waals surface area (Å²) in [4.78, 5) is 28.2. The van der Waals surface area contributed by atoms with Gasteiger partial charge in [0.15, 0.2) is 0 Å². The number of isocyanates is 2. The number of aliphatic imine (C=N–C) groups is 2. The van der Waals surface area contributed by atoms with Gasteiger partial charge in [0.25, 0.3) is 0 Å². The maximum absolute atomic E-state index is 10.4. The smallest absolute Gasteiger partial charge is 0.211 e. The Morgan fingerprint density at radius 2 is 1.80 bits per heavy atom. The molecule has 0 amide bonds. The lowest BCUT2D eigenvalue weighted by atomic mass is 9.67. The molecule has 82 valence electrons. The number of hydrogen-bond donors (Lipinski definition) is 0. The summed E-state index contributed by atoms with van der Waals surface area (Å²) in [5.74, 6) is 0.486. The van der Waals surface area contributed by atoms with Crippen molar-refractivity contribution < 1.29 is 9.59 Å². The molecule has 1 rings (SSSR count). The molecule has 0 spiro atoms. The monoisotopic (exact) mass is 208 g/mol. The molecule has 0 aliphatic heterocycles. The average Bonchev–Trinajstić information content (AvgIpc) is 2.10. The Kier molecular flexibility index (Phi) is 3.57. The third-order valence-electron chi connectivity index (χ3n) is 3.09. The van der Waals surface area contributed by atoms with Crippen molar-refractivity contribution in [1.82, 2.24) is 0 Å². The second kappa shape index (κ2) is 4.52. The van der Waals surface area contributed by atoms with Gasteiger partial charge in [0.1, 0.15) is 0 Å².